The zero-order chi connectivity index (χ0) is 25.7. The van der Waals surface area contributed by atoms with E-state index in [4.69, 9.17) is 21.3 Å². The minimum Gasteiger partial charge on any atom is -0.447 e. The number of aromatic nitrogens is 2. The van der Waals surface area contributed by atoms with Crippen molar-refractivity contribution in [2.45, 2.75) is 38.4 Å². The Bertz CT molecular complexity index is 1570. The number of ether oxygens (including phenoxy) is 1. The first-order valence-electron chi connectivity index (χ1n) is 12.1. The van der Waals surface area contributed by atoms with Crippen LogP contribution in [0.15, 0.2) is 53.3 Å². The number of hydrogen-bond donors (Lipinski definition) is 1. The Morgan fingerprint density at radius 3 is 2.76 bits per heavy atom. The largest absolute Gasteiger partial charge is 0.447 e. The van der Waals surface area contributed by atoms with Crippen LogP contribution in [0.4, 0.5) is 14.9 Å². The van der Waals surface area contributed by atoms with Crippen molar-refractivity contribution in [2.24, 2.45) is 0 Å². The minimum absolute atomic E-state index is 0.0303. The molecule has 1 N–H and O–H groups in total. The van der Waals surface area contributed by atoms with Crippen LogP contribution < -0.4 is 10.9 Å². The van der Waals surface area contributed by atoms with Gasteiger partial charge in [0.05, 0.1) is 23.5 Å². The van der Waals surface area contributed by atoms with Crippen LogP contribution in [0.5, 0.6) is 0 Å². The highest BCUT2D eigenvalue weighted by Crippen LogP contribution is 2.37. The van der Waals surface area contributed by atoms with E-state index >= 15 is 0 Å². The summed E-state index contributed by atoms with van der Waals surface area (Å²) in [4.78, 5) is 32.8. The molecule has 0 spiro atoms. The number of piperidine rings is 1. The van der Waals surface area contributed by atoms with Crippen molar-refractivity contribution in [1.82, 2.24) is 14.5 Å². The van der Waals surface area contributed by atoms with Crippen molar-refractivity contribution in [2.75, 3.05) is 18.5 Å². The molecule has 2 aromatic heterocycles. The monoisotopic (exact) mass is 538 g/mol. The number of nitrogens with zero attached hydrogens (tertiary/aromatic N) is 3. The quantitative estimate of drug-likeness (QED) is 0.354. The number of aryl methyl sites for hydroxylation is 1. The predicted molar refractivity (Wildman–Crippen MR) is 143 cm³/mol. The molecule has 2 aliphatic heterocycles. The van der Waals surface area contributed by atoms with Crippen LogP contribution in [-0.4, -0.2) is 45.8 Å². The van der Waals surface area contributed by atoms with E-state index in [2.05, 4.69) is 5.32 Å². The molecule has 4 heterocycles. The average Bonchev–Trinajstić information content (AvgIpc) is 3.48. The van der Waals surface area contributed by atoms with Gasteiger partial charge in [0, 0.05) is 33.7 Å². The number of halogens is 2. The van der Waals surface area contributed by atoms with Gasteiger partial charge in [-0.25, -0.2) is 9.78 Å². The molecule has 0 unspecified atom stereocenters. The van der Waals surface area contributed by atoms with E-state index in [1.807, 2.05) is 31.2 Å². The molecular weight excluding hydrogens is 515 g/mol. The molecule has 1 amide bonds. The van der Waals surface area contributed by atoms with E-state index in [9.17, 15) is 14.0 Å². The topological polar surface area (TPSA) is 76.5 Å². The van der Waals surface area contributed by atoms with Crippen molar-refractivity contribution in [3.05, 3.63) is 80.4 Å². The number of carbonyl (C=O) groups is 1. The molecule has 6 rings (SSSR count). The zero-order valence-corrected chi connectivity index (χ0v) is 21.6. The van der Waals surface area contributed by atoms with Crippen LogP contribution in [0.25, 0.3) is 21.3 Å². The van der Waals surface area contributed by atoms with Crippen LogP contribution >= 0.6 is 22.9 Å². The maximum Gasteiger partial charge on any atom is 0.410 e. The molecule has 0 aliphatic carbocycles. The Labute approximate surface area is 221 Å². The van der Waals surface area contributed by atoms with Gasteiger partial charge in [-0.1, -0.05) is 23.7 Å². The van der Waals surface area contributed by atoms with E-state index in [1.165, 1.54) is 6.07 Å². The SMILES string of the molecule is Cc1nc2cc(-c3ccc(F)s3)c(N[C@H]3CCN4C(=O)OC[C@@H]4C3)cc2c(=O)n1Cc1ccc(Cl)cc1. The molecule has 2 atom stereocenters. The predicted octanol–water partition coefficient (Wildman–Crippen LogP) is 5.67. The van der Waals surface area contributed by atoms with Crippen LogP contribution in [0.2, 0.25) is 5.02 Å². The molecular formula is C27H24ClFN4O3S. The summed E-state index contributed by atoms with van der Waals surface area (Å²) in [5.41, 5.74) is 2.91. The fourth-order valence-electron chi connectivity index (χ4n) is 5.17. The second-order valence-electron chi connectivity index (χ2n) is 9.49. The Hall–Kier alpha value is -3.43. The first kappa shape index (κ1) is 23.9. The first-order valence-corrected chi connectivity index (χ1v) is 13.3. The molecule has 2 aromatic carbocycles. The number of anilines is 1. The van der Waals surface area contributed by atoms with Crippen LogP contribution in [0.1, 0.15) is 24.2 Å². The van der Waals surface area contributed by atoms with Gasteiger partial charge < -0.3 is 15.0 Å². The summed E-state index contributed by atoms with van der Waals surface area (Å²) in [5.74, 6) is 0.592. The molecule has 37 heavy (non-hydrogen) atoms. The molecule has 0 bridgehead atoms. The lowest BCUT2D eigenvalue weighted by atomic mass is 9.97. The minimum atomic E-state index is -0.279. The molecule has 0 saturated carbocycles. The van der Waals surface area contributed by atoms with E-state index in [-0.39, 0.29) is 28.9 Å². The summed E-state index contributed by atoms with van der Waals surface area (Å²) in [6, 6.07) is 14.4. The molecule has 10 heteroatoms. The van der Waals surface area contributed by atoms with E-state index < -0.39 is 0 Å². The smallest absolute Gasteiger partial charge is 0.410 e. The number of thiophene rings is 1. The zero-order valence-electron chi connectivity index (χ0n) is 20.0. The second-order valence-corrected chi connectivity index (χ2v) is 11.0. The van der Waals surface area contributed by atoms with Gasteiger partial charge in [-0.3, -0.25) is 9.36 Å². The highest BCUT2D eigenvalue weighted by atomic mass is 35.5. The molecule has 2 aliphatic rings. The maximum atomic E-state index is 14.0. The number of amides is 1. The van der Waals surface area contributed by atoms with Gasteiger partial charge in [0.15, 0.2) is 5.13 Å². The lowest BCUT2D eigenvalue weighted by Crippen LogP contribution is -2.45. The second kappa shape index (κ2) is 9.46. The maximum absolute atomic E-state index is 14.0. The van der Waals surface area contributed by atoms with Gasteiger partial charge in [-0.15, -0.1) is 11.3 Å². The lowest BCUT2D eigenvalue weighted by Gasteiger charge is -2.33. The number of cyclic esters (lactones) is 1. The van der Waals surface area contributed by atoms with Gasteiger partial charge >= 0.3 is 6.09 Å². The number of carbonyl (C=O) groups excluding carboxylic acids is 1. The van der Waals surface area contributed by atoms with E-state index in [0.29, 0.717) is 41.4 Å². The van der Waals surface area contributed by atoms with Crippen molar-refractivity contribution in [3.63, 3.8) is 0 Å². The third kappa shape index (κ3) is 4.57. The number of benzene rings is 2. The van der Waals surface area contributed by atoms with Gasteiger partial charge in [-0.05, 0) is 61.7 Å². The van der Waals surface area contributed by atoms with Crippen LogP contribution in [-0.2, 0) is 11.3 Å². The van der Waals surface area contributed by atoms with Gasteiger partial charge in [0.25, 0.3) is 5.56 Å². The summed E-state index contributed by atoms with van der Waals surface area (Å²) in [6.07, 6.45) is 1.22. The van der Waals surface area contributed by atoms with Crippen molar-refractivity contribution < 1.29 is 13.9 Å². The summed E-state index contributed by atoms with van der Waals surface area (Å²) in [5, 5.41) is 4.44. The van der Waals surface area contributed by atoms with E-state index in [0.717, 1.165) is 45.9 Å². The number of rotatable bonds is 5. The fourth-order valence-corrected chi connectivity index (χ4v) is 6.06. The third-order valence-electron chi connectivity index (χ3n) is 7.09. The third-order valence-corrected chi connectivity index (χ3v) is 8.25. The first-order chi connectivity index (χ1) is 17.9. The number of nitrogens with one attached hydrogen (secondary N) is 1. The molecule has 190 valence electrons. The van der Waals surface area contributed by atoms with Gasteiger partial charge in [0.1, 0.15) is 12.4 Å². The molecule has 4 aromatic rings. The molecule has 2 fully saturated rings. The van der Waals surface area contributed by atoms with Crippen LogP contribution in [0.3, 0.4) is 0 Å². The highest BCUT2D eigenvalue weighted by molar-refractivity contribution is 7.14. The normalized spacial score (nSPS) is 19.2. The number of hydrogen-bond acceptors (Lipinski definition) is 6. The molecule has 2 saturated heterocycles. The standard InChI is InChI=1S/C27H24ClFN4O3S/c1-15-30-23-11-20(24-6-7-25(29)37-24)22(31-18-8-9-32-19(10-18)14-36-27(32)35)12-21(23)26(34)33(15)13-16-2-4-17(28)5-3-16/h2-7,11-12,18-19,31H,8-10,13-14H2,1H3/t18-,19-/m0/s1. The number of fused-ring (bicyclic) bond motifs is 2. The Kier molecular flexibility index (Phi) is 6.12. The van der Waals surface area contributed by atoms with Crippen molar-refractivity contribution in [3.8, 4) is 10.4 Å². The van der Waals surface area contributed by atoms with Crippen molar-refractivity contribution >= 4 is 45.6 Å². The lowest BCUT2D eigenvalue weighted by molar-refractivity contribution is 0.153. The van der Waals surface area contributed by atoms with Gasteiger partial charge in [0.2, 0.25) is 0 Å². The van der Waals surface area contributed by atoms with E-state index in [1.54, 1.807) is 27.7 Å². The summed E-state index contributed by atoms with van der Waals surface area (Å²) in [7, 11) is 0. The van der Waals surface area contributed by atoms with Crippen LogP contribution in [0, 0.1) is 12.1 Å². The molecule has 7 nitrogen and oxygen atoms in total. The Morgan fingerprint density at radius 1 is 1.19 bits per heavy atom. The highest BCUT2D eigenvalue weighted by Gasteiger charge is 2.38. The Morgan fingerprint density at radius 2 is 2.00 bits per heavy atom. The Balaban J connectivity index is 1.41. The van der Waals surface area contributed by atoms with Crippen molar-refractivity contribution in [1.29, 1.82) is 0 Å². The fraction of sp³-hybridized carbons (Fsp3) is 0.296. The summed E-state index contributed by atoms with van der Waals surface area (Å²) in [6.45, 7) is 3.18. The average molecular weight is 539 g/mol. The summed E-state index contributed by atoms with van der Waals surface area (Å²) < 4.78 is 20.8. The van der Waals surface area contributed by atoms with Gasteiger partial charge in [-0.2, -0.15) is 4.39 Å². The molecule has 0 radical (unpaired) electrons. The summed E-state index contributed by atoms with van der Waals surface area (Å²) >= 11 is 7.07.